The van der Waals surface area contributed by atoms with Gasteiger partial charge in [-0.3, -0.25) is 4.79 Å². The predicted octanol–water partition coefficient (Wildman–Crippen LogP) is 2.91. The first-order chi connectivity index (χ1) is 7.22. The first-order valence-electron chi connectivity index (χ1n) is 4.89. The maximum absolute atomic E-state index is 10.7. The summed E-state index contributed by atoms with van der Waals surface area (Å²) in [5.41, 5.74) is 0.591. The number of ether oxygens (including phenoxy) is 2. The van der Waals surface area contributed by atoms with Gasteiger partial charge in [-0.25, -0.2) is 0 Å². The fraction of sp³-hybridized carbons (Fsp3) is 0.364. The maximum atomic E-state index is 10.7. The third kappa shape index (κ3) is 1.28. The Bertz CT molecular complexity index is 438. The van der Waals surface area contributed by atoms with E-state index >= 15 is 0 Å². The number of hydrogen-bond donors (Lipinski definition) is 0. The van der Waals surface area contributed by atoms with E-state index in [4.69, 9.17) is 9.47 Å². The van der Waals surface area contributed by atoms with E-state index < -0.39 is 5.79 Å². The van der Waals surface area contributed by atoms with Gasteiger partial charge in [-0.05, 0) is 34.5 Å². The lowest BCUT2D eigenvalue weighted by atomic mass is 9.91. The highest BCUT2D eigenvalue weighted by Gasteiger charge is 2.47. The predicted molar refractivity (Wildman–Crippen MR) is 57.4 cm³/mol. The summed E-state index contributed by atoms with van der Waals surface area (Å²) in [5.74, 6) is 0.982. The van der Waals surface area contributed by atoms with Gasteiger partial charge in [-0.15, -0.1) is 0 Å². The monoisotopic (exact) mass is 268 g/mol. The molecule has 15 heavy (non-hydrogen) atoms. The Morgan fingerprint density at radius 3 is 2.47 bits per heavy atom. The summed E-state index contributed by atoms with van der Waals surface area (Å²) in [6, 6.07) is 3.52. The van der Waals surface area contributed by atoms with Gasteiger partial charge in [0.05, 0.1) is 0 Å². The average molecular weight is 269 g/mol. The number of hydrogen-bond acceptors (Lipinski definition) is 3. The van der Waals surface area contributed by atoms with Crippen molar-refractivity contribution in [2.24, 2.45) is 0 Å². The standard InChI is InChI=1S/C11H9BrO3/c12-8-5-10-9(4-7(8)6-13)14-11(15-10)2-1-3-11/h4-6H,1-3H2. The van der Waals surface area contributed by atoms with E-state index in [1.54, 1.807) is 12.1 Å². The van der Waals surface area contributed by atoms with Crippen molar-refractivity contribution in [2.75, 3.05) is 0 Å². The Balaban J connectivity index is 2.02. The Labute approximate surface area is 95.5 Å². The molecular formula is C11H9BrO3. The van der Waals surface area contributed by atoms with Crippen LogP contribution >= 0.6 is 15.9 Å². The molecule has 4 heteroatoms. The van der Waals surface area contributed by atoms with Gasteiger partial charge in [-0.2, -0.15) is 0 Å². The van der Waals surface area contributed by atoms with E-state index in [1.807, 2.05) is 0 Å². The Kier molecular flexibility index (Phi) is 1.83. The molecule has 1 spiro atoms. The molecule has 0 saturated heterocycles. The minimum Gasteiger partial charge on any atom is -0.448 e. The Morgan fingerprint density at radius 1 is 1.27 bits per heavy atom. The van der Waals surface area contributed by atoms with Crippen molar-refractivity contribution in [3.63, 3.8) is 0 Å². The summed E-state index contributed by atoms with van der Waals surface area (Å²) in [6.45, 7) is 0. The first kappa shape index (κ1) is 9.21. The van der Waals surface area contributed by atoms with Gasteiger partial charge in [-0.1, -0.05) is 0 Å². The van der Waals surface area contributed by atoms with Crippen molar-refractivity contribution in [3.05, 3.63) is 22.2 Å². The number of carbonyl (C=O) groups is 1. The number of rotatable bonds is 1. The lowest BCUT2D eigenvalue weighted by molar-refractivity contribution is -0.138. The molecule has 78 valence electrons. The van der Waals surface area contributed by atoms with Crippen molar-refractivity contribution in [1.82, 2.24) is 0 Å². The van der Waals surface area contributed by atoms with Crippen molar-refractivity contribution < 1.29 is 14.3 Å². The van der Waals surface area contributed by atoms with Crippen LogP contribution in [0.25, 0.3) is 0 Å². The van der Waals surface area contributed by atoms with Crippen LogP contribution in [0.4, 0.5) is 0 Å². The molecule has 3 nitrogen and oxygen atoms in total. The largest absolute Gasteiger partial charge is 0.448 e. The number of benzene rings is 1. The SMILES string of the molecule is O=Cc1cc2c(cc1Br)OC1(CCC1)O2. The topological polar surface area (TPSA) is 35.5 Å². The molecule has 0 unspecified atom stereocenters. The zero-order chi connectivity index (χ0) is 10.5. The minimum atomic E-state index is -0.427. The maximum Gasteiger partial charge on any atom is 0.251 e. The zero-order valence-corrected chi connectivity index (χ0v) is 9.54. The van der Waals surface area contributed by atoms with Gasteiger partial charge in [0.2, 0.25) is 0 Å². The molecule has 3 rings (SSSR count). The number of halogens is 1. The van der Waals surface area contributed by atoms with Crippen LogP contribution in [-0.2, 0) is 0 Å². The second-order valence-electron chi connectivity index (χ2n) is 3.91. The van der Waals surface area contributed by atoms with E-state index in [-0.39, 0.29) is 0 Å². The molecule has 1 aromatic rings. The van der Waals surface area contributed by atoms with Crippen molar-refractivity contribution in [3.8, 4) is 11.5 Å². The summed E-state index contributed by atoms with van der Waals surface area (Å²) in [7, 11) is 0. The van der Waals surface area contributed by atoms with E-state index in [9.17, 15) is 4.79 Å². The highest BCUT2D eigenvalue weighted by atomic mass is 79.9. The third-order valence-electron chi connectivity index (χ3n) is 2.90. The lowest BCUT2D eigenvalue weighted by Gasteiger charge is -2.35. The van der Waals surface area contributed by atoms with Gasteiger partial charge >= 0.3 is 0 Å². The van der Waals surface area contributed by atoms with Crippen LogP contribution in [0.1, 0.15) is 29.6 Å². The molecule has 1 aromatic carbocycles. The van der Waals surface area contributed by atoms with Gasteiger partial charge in [0.15, 0.2) is 17.8 Å². The third-order valence-corrected chi connectivity index (χ3v) is 3.58. The minimum absolute atomic E-state index is 0.427. The second-order valence-corrected chi connectivity index (χ2v) is 4.76. The summed E-state index contributed by atoms with van der Waals surface area (Å²) in [5, 5.41) is 0. The number of fused-ring (bicyclic) bond motifs is 1. The summed E-state index contributed by atoms with van der Waals surface area (Å²) < 4.78 is 12.2. The normalized spacial score (nSPS) is 20.1. The molecule has 0 aromatic heterocycles. The molecule has 0 radical (unpaired) electrons. The molecule has 0 atom stereocenters. The number of carbonyl (C=O) groups excluding carboxylic acids is 1. The van der Waals surface area contributed by atoms with Crippen molar-refractivity contribution in [2.45, 2.75) is 25.0 Å². The second kappa shape index (κ2) is 2.98. The van der Waals surface area contributed by atoms with Crippen LogP contribution in [0.5, 0.6) is 11.5 Å². The van der Waals surface area contributed by atoms with E-state index in [1.165, 1.54) is 0 Å². The van der Waals surface area contributed by atoms with Crippen LogP contribution in [0.2, 0.25) is 0 Å². The molecule has 1 heterocycles. The van der Waals surface area contributed by atoms with Gasteiger partial charge in [0.1, 0.15) is 0 Å². The van der Waals surface area contributed by atoms with E-state index in [0.29, 0.717) is 11.3 Å². The van der Waals surface area contributed by atoms with Crippen LogP contribution < -0.4 is 9.47 Å². The molecule has 0 amide bonds. The average Bonchev–Trinajstić information content (AvgIpc) is 2.54. The fourth-order valence-electron chi connectivity index (χ4n) is 1.89. The summed E-state index contributed by atoms with van der Waals surface area (Å²) in [6.07, 6.45) is 3.79. The fourth-order valence-corrected chi connectivity index (χ4v) is 2.31. The van der Waals surface area contributed by atoms with Gasteiger partial charge in [0, 0.05) is 22.9 Å². The Hall–Kier alpha value is -1.03. The smallest absolute Gasteiger partial charge is 0.251 e. The molecule has 0 N–H and O–H groups in total. The van der Waals surface area contributed by atoms with E-state index in [2.05, 4.69) is 15.9 Å². The quantitative estimate of drug-likeness (QED) is 0.735. The Morgan fingerprint density at radius 2 is 1.93 bits per heavy atom. The van der Waals surface area contributed by atoms with Crippen molar-refractivity contribution >= 4 is 22.2 Å². The summed E-state index contributed by atoms with van der Waals surface area (Å²) in [4.78, 5) is 10.7. The van der Waals surface area contributed by atoms with Crippen LogP contribution in [-0.4, -0.2) is 12.1 Å². The highest BCUT2D eigenvalue weighted by Crippen LogP contribution is 2.49. The first-order valence-corrected chi connectivity index (χ1v) is 5.68. The van der Waals surface area contributed by atoms with Gasteiger partial charge in [0.25, 0.3) is 5.79 Å². The molecule has 1 aliphatic heterocycles. The van der Waals surface area contributed by atoms with Crippen LogP contribution in [0.3, 0.4) is 0 Å². The molecule has 0 bridgehead atoms. The molecule has 1 saturated carbocycles. The zero-order valence-electron chi connectivity index (χ0n) is 7.96. The number of aldehydes is 1. The molecule has 1 fully saturated rings. The van der Waals surface area contributed by atoms with Gasteiger partial charge < -0.3 is 9.47 Å². The molecule has 2 aliphatic rings. The van der Waals surface area contributed by atoms with Crippen LogP contribution in [0, 0.1) is 0 Å². The summed E-state index contributed by atoms with van der Waals surface area (Å²) >= 11 is 3.32. The highest BCUT2D eigenvalue weighted by molar-refractivity contribution is 9.10. The van der Waals surface area contributed by atoms with Crippen molar-refractivity contribution in [1.29, 1.82) is 0 Å². The van der Waals surface area contributed by atoms with E-state index in [0.717, 1.165) is 35.8 Å². The van der Waals surface area contributed by atoms with Crippen LogP contribution in [0.15, 0.2) is 16.6 Å². The molecule has 1 aliphatic carbocycles. The molecular weight excluding hydrogens is 260 g/mol. The lowest BCUT2D eigenvalue weighted by Crippen LogP contribution is -2.45.